The Labute approximate surface area is 154 Å². The first-order valence-corrected chi connectivity index (χ1v) is 8.21. The lowest BCUT2D eigenvalue weighted by molar-refractivity contribution is 0.571. The maximum absolute atomic E-state index is 9.53. The maximum atomic E-state index is 9.53. The predicted molar refractivity (Wildman–Crippen MR) is 100 cm³/mol. The van der Waals surface area contributed by atoms with Crippen LogP contribution in [0.4, 0.5) is 5.69 Å². The zero-order valence-corrected chi connectivity index (χ0v) is 15.2. The number of rotatable bonds is 3. The van der Waals surface area contributed by atoms with Crippen LogP contribution in [-0.2, 0) is 0 Å². The van der Waals surface area contributed by atoms with Crippen LogP contribution < -0.4 is 0 Å². The zero-order valence-electron chi connectivity index (χ0n) is 16.2. The summed E-state index contributed by atoms with van der Waals surface area (Å²) in [5.41, 5.74) is 5.11. The molecule has 0 bridgehead atoms. The fourth-order valence-electron chi connectivity index (χ4n) is 3.08. The van der Waals surface area contributed by atoms with Gasteiger partial charge in [-0.1, -0.05) is 23.8 Å². The van der Waals surface area contributed by atoms with Crippen molar-refractivity contribution in [3.8, 4) is 6.07 Å². The third kappa shape index (κ3) is 2.85. The van der Waals surface area contributed by atoms with E-state index in [2.05, 4.69) is 21.0 Å². The highest BCUT2D eigenvalue weighted by molar-refractivity contribution is 5.59. The highest BCUT2D eigenvalue weighted by Gasteiger charge is 2.24. The van der Waals surface area contributed by atoms with Crippen molar-refractivity contribution >= 4 is 5.69 Å². The van der Waals surface area contributed by atoms with E-state index in [4.69, 9.17) is 6.57 Å². The lowest BCUT2D eigenvalue weighted by atomic mass is 9.89. The second-order valence-corrected chi connectivity index (χ2v) is 6.20. The summed E-state index contributed by atoms with van der Waals surface area (Å²) in [5, 5.41) is 13.5. The van der Waals surface area contributed by atoms with Crippen molar-refractivity contribution in [1.29, 1.82) is 5.26 Å². The van der Waals surface area contributed by atoms with Gasteiger partial charge in [-0.2, -0.15) is 10.4 Å². The average Bonchev–Trinajstić information content (AvgIpc) is 3.09. The van der Waals surface area contributed by atoms with E-state index in [-0.39, 0.29) is 0 Å². The Morgan fingerprint density at radius 1 is 1.15 bits per heavy atom. The Kier molecular flexibility index (Phi) is 4.21. The topological polar surface area (TPSA) is 58.9 Å². The summed E-state index contributed by atoms with van der Waals surface area (Å²) in [4.78, 5) is 7.78. The van der Waals surface area contributed by atoms with E-state index >= 15 is 0 Å². The SMILES string of the molecule is [2H]C(c1ccc(C#N)cc1C)(c1ccc([N+]#[C-])c(C)c1C)n1ncnc1C. The van der Waals surface area contributed by atoms with Crippen LogP contribution in [0.5, 0.6) is 0 Å². The molecule has 0 aliphatic heterocycles. The van der Waals surface area contributed by atoms with Crippen molar-refractivity contribution in [2.75, 3.05) is 0 Å². The molecular weight excluding hydrogens is 322 g/mol. The molecule has 3 rings (SSSR count). The second kappa shape index (κ2) is 6.82. The Morgan fingerprint density at radius 2 is 1.88 bits per heavy atom. The van der Waals surface area contributed by atoms with Crippen molar-refractivity contribution < 1.29 is 1.37 Å². The largest absolute Gasteiger partial charge is 0.238 e. The number of nitrogens with zero attached hydrogens (tertiary/aromatic N) is 5. The number of hydrogen-bond donors (Lipinski definition) is 0. The Hall–Kier alpha value is -3.44. The van der Waals surface area contributed by atoms with Crippen LogP contribution in [0.1, 0.15) is 46.6 Å². The van der Waals surface area contributed by atoms with Crippen LogP contribution in [-0.4, -0.2) is 14.8 Å². The number of hydrogen-bond acceptors (Lipinski definition) is 3. The molecule has 3 aromatic rings. The van der Waals surface area contributed by atoms with Gasteiger partial charge in [0, 0.05) is 0 Å². The minimum absolute atomic E-state index is 0.546. The van der Waals surface area contributed by atoms with Gasteiger partial charge in [0.25, 0.3) is 0 Å². The first-order chi connectivity index (χ1) is 12.8. The standard InChI is InChI=1S/C21H19N5/c1-13-10-17(11-22)6-7-18(13)21(26-16(4)24-12-25-26)19-8-9-20(23-5)15(3)14(19)2/h6-10,12,21H,1-4H3/i21D. The molecule has 0 fully saturated rings. The van der Waals surface area contributed by atoms with Gasteiger partial charge >= 0.3 is 0 Å². The number of benzene rings is 2. The second-order valence-electron chi connectivity index (χ2n) is 6.20. The van der Waals surface area contributed by atoms with Crippen LogP contribution in [0.3, 0.4) is 0 Å². The highest BCUT2D eigenvalue weighted by Crippen LogP contribution is 2.35. The van der Waals surface area contributed by atoms with Gasteiger partial charge in [-0.15, -0.1) is 0 Å². The smallest absolute Gasteiger partial charge is 0.190 e. The summed E-state index contributed by atoms with van der Waals surface area (Å²) in [6.07, 6.45) is 1.44. The van der Waals surface area contributed by atoms with E-state index in [1.54, 1.807) is 28.9 Å². The number of aromatic nitrogens is 3. The highest BCUT2D eigenvalue weighted by atomic mass is 15.3. The van der Waals surface area contributed by atoms with Gasteiger partial charge in [-0.25, -0.2) is 14.5 Å². The lowest BCUT2D eigenvalue weighted by Crippen LogP contribution is -2.18. The summed E-state index contributed by atoms with van der Waals surface area (Å²) in [6, 6.07) is 9.64. The number of nitriles is 1. The van der Waals surface area contributed by atoms with Crippen LogP contribution in [0.2, 0.25) is 0 Å². The molecule has 1 aromatic heterocycles. The summed E-state index contributed by atoms with van der Waals surface area (Å²) in [6.45, 7) is 14.9. The summed E-state index contributed by atoms with van der Waals surface area (Å²) in [5.74, 6) is 0.611. The Morgan fingerprint density at radius 3 is 2.46 bits per heavy atom. The third-order valence-corrected chi connectivity index (χ3v) is 4.67. The van der Waals surface area contributed by atoms with Crippen molar-refractivity contribution in [2.45, 2.75) is 33.7 Å². The van der Waals surface area contributed by atoms with Crippen molar-refractivity contribution in [2.24, 2.45) is 0 Å². The molecule has 5 nitrogen and oxygen atoms in total. The summed E-state index contributed by atoms with van der Waals surface area (Å²) < 4.78 is 11.1. The van der Waals surface area contributed by atoms with Gasteiger partial charge in [0.2, 0.25) is 0 Å². The third-order valence-electron chi connectivity index (χ3n) is 4.67. The molecule has 26 heavy (non-hydrogen) atoms. The van der Waals surface area contributed by atoms with Gasteiger partial charge in [0.05, 0.1) is 19.6 Å². The van der Waals surface area contributed by atoms with Crippen molar-refractivity contribution in [3.05, 3.63) is 87.3 Å². The molecule has 0 radical (unpaired) electrons. The minimum atomic E-state index is -1.37. The van der Waals surface area contributed by atoms with Gasteiger partial charge in [-0.3, -0.25) is 0 Å². The van der Waals surface area contributed by atoms with E-state index in [9.17, 15) is 6.63 Å². The zero-order chi connectivity index (χ0) is 19.8. The molecule has 0 N–H and O–H groups in total. The molecule has 1 unspecified atom stereocenters. The molecule has 0 saturated heterocycles. The minimum Gasteiger partial charge on any atom is -0.238 e. The Balaban J connectivity index is 2.39. The summed E-state index contributed by atoms with van der Waals surface area (Å²) >= 11 is 0. The molecule has 0 aliphatic carbocycles. The Bertz CT molecular complexity index is 1120. The van der Waals surface area contributed by atoms with E-state index in [0.717, 1.165) is 22.3 Å². The maximum Gasteiger partial charge on any atom is 0.190 e. The van der Waals surface area contributed by atoms with E-state index in [1.807, 2.05) is 33.8 Å². The van der Waals surface area contributed by atoms with Crippen molar-refractivity contribution in [3.63, 3.8) is 0 Å². The molecule has 2 aromatic carbocycles. The van der Waals surface area contributed by atoms with Gasteiger partial charge < -0.3 is 0 Å². The molecule has 0 saturated carbocycles. The fraction of sp³-hybridized carbons (Fsp3) is 0.238. The van der Waals surface area contributed by atoms with Crippen LogP contribution in [0, 0.1) is 45.6 Å². The fourth-order valence-corrected chi connectivity index (χ4v) is 3.08. The van der Waals surface area contributed by atoms with Gasteiger partial charge in [-0.05, 0) is 62.1 Å². The molecule has 5 heteroatoms. The van der Waals surface area contributed by atoms with E-state index < -0.39 is 6.02 Å². The molecule has 0 amide bonds. The quantitative estimate of drug-likeness (QED) is 0.655. The van der Waals surface area contributed by atoms with Crippen LogP contribution >= 0.6 is 0 Å². The van der Waals surface area contributed by atoms with Crippen molar-refractivity contribution in [1.82, 2.24) is 14.8 Å². The predicted octanol–water partition coefficient (Wildman–Crippen LogP) is 4.57. The van der Waals surface area contributed by atoms with Gasteiger partial charge in [0.1, 0.15) is 18.2 Å². The van der Waals surface area contributed by atoms with E-state index in [1.165, 1.54) is 6.33 Å². The molecule has 0 spiro atoms. The first kappa shape index (κ1) is 16.1. The molecule has 1 atom stereocenters. The molecule has 128 valence electrons. The molecule has 1 heterocycles. The summed E-state index contributed by atoms with van der Waals surface area (Å²) in [7, 11) is 0. The average molecular weight is 342 g/mol. The first-order valence-electron chi connectivity index (χ1n) is 8.71. The number of aryl methyl sites for hydroxylation is 2. The monoisotopic (exact) mass is 342 g/mol. The normalized spacial score (nSPS) is 13.4. The molecule has 0 aliphatic rings. The van der Waals surface area contributed by atoms with E-state index in [0.29, 0.717) is 22.6 Å². The molecular formula is C21H19N5. The van der Waals surface area contributed by atoms with Gasteiger partial charge in [0.15, 0.2) is 5.69 Å². The van der Waals surface area contributed by atoms with Crippen LogP contribution in [0.15, 0.2) is 36.7 Å². The lowest BCUT2D eigenvalue weighted by Gasteiger charge is -2.24. The van der Waals surface area contributed by atoms with Crippen LogP contribution in [0.25, 0.3) is 4.85 Å².